The zero-order valence-corrected chi connectivity index (χ0v) is 12.1. The Balaban J connectivity index is 1.97. The Morgan fingerprint density at radius 3 is 2.81 bits per heavy atom. The lowest BCUT2D eigenvalue weighted by atomic mass is 10.0. The van der Waals surface area contributed by atoms with Crippen LogP contribution in [0.1, 0.15) is 11.1 Å². The summed E-state index contributed by atoms with van der Waals surface area (Å²) in [5.74, 6) is -0.262. The number of hydrogen-bond acceptors (Lipinski definition) is 4. The Hall–Kier alpha value is -1.41. The van der Waals surface area contributed by atoms with Gasteiger partial charge in [0, 0.05) is 19.7 Å². The van der Waals surface area contributed by atoms with Crippen molar-refractivity contribution in [2.75, 3.05) is 14.1 Å². The Morgan fingerprint density at radius 1 is 1.48 bits per heavy atom. The summed E-state index contributed by atoms with van der Waals surface area (Å²) in [6.45, 7) is 0. The van der Waals surface area contributed by atoms with Crippen LogP contribution in [-0.2, 0) is 12.1 Å². The van der Waals surface area contributed by atoms with Gasteiger partial charge in [-0.15, -0.1) is 13.2 Å². The molecule has 0 amide bonds. The highest BCUT2D eigenvalue weighted by molar-refractivity contribution is 8.14. The van der Waals surface area contributed by atoms with Gasteiger partial charge in [-0.1, -0.05) is 17.8 Å². The Labute approximate surface area is 123 Å². The monoisotopic (exact) mass is 318 g/mol. The molecule has 1 aromatic rings. The van der Waals surface area contributed by atoms with Crippen molar-refractivity contribution < 1.29 is 23.0 Å². The number of aliphatic hydroxyl groups is 1. The number of nitrogens with zero attached hydrogens (tertiary/aromatic N) is 2. The molecule has 1 N–H and O–H groups in total. The van der Waals surface area contributed by atoms with E-state index in [-0.39, 0.29) is 11.0 Å². The van der Waals surface area contributed by atoms with Gasteiger partial charge in [-0.05, 0) is 24.1 Å². The molecule has 1 fully saturated rings. The van der Waals surface area contributed by atoms with Crippen molar-refractivity contribution in [2.45, 2.75) is 23.8 Å². The smallest absolute Gasteiger partial charge is 0.406 e. The molecule has 2 aliphatic rings. The van der Waals surface area contributed by atoms with Crippen LogP contribution in [0.25, 0.3) is 0 Å². The summed E-state index contributed by atoms with van der Waals surface area (Å²) < 4.78 is 40.7. The van der Waals surface area contributed by atoms with Crippen LogP contribution < -0.4 is 4.74 Å². The molecule has 0 aromatic heterocycles. The molecule has 1 aliphatic heterocycles. The fraction of sp³-hybridized carbons (Fsp3) is 0.462. The molecule has 2 atom stereocenters. The van der Waals surface area contributed by atoms with Gasteiger partial charge >= 0.3 is 6.36 Å². The number of ether oxygens (including phenoxy) is 1. The largest absolute Gasteiger partial charge is 0.573 e. The molecule has 2 unspecified atom stereocenters. The first-order valence-electron chi connectivity index (χ1n) is 6.24. The van der Waals surface area contributed by atoms with Crippen molar-refractivity contribution in [2.24, 2.45) is 4.99 Å². The third kappa shape index (κ3) is 2.17. The van der Waals surface area contributed by atoms with Gasteiger partial charge in [0.2, 0.25) is 0 Å². The minimum absolute atomic E-state index is 0.183. The summed E-state index contributed by atoms with van der Waals surface area (Å²) in [6.07, 6.45) is -4.25. The fourth-order valence-corrected chi connectivity index (χ4v) is 4.26. The minimum Gasteiger partial charge on any atom is -0.406 e. The topological polar surface area (TPSA) is 45.1 Å². The average Bonchev–Trinajstić information content (AvgIpc) is 2.78. The van der Waals surface area contributed by atoms with E-state index < -0.39 is 12.1 Å². The van der Waals surface area contributed by atoms with Crippen molar-refractivity contribution in [1.82, 2.24) is 4.90 Å². The van der Waals surface area contributed by atoms with Crippen LogP contribution in [0.4, 0.5) is 13.2 Å². The van der Waals surface area contributed by atoms with E-state index in [1.54, 1.807) is 19.0 Å². The number of thioether (sulfide) groups is 1. The van der Waals surface area contributed by atoms with E-state index >= 15 is 0 Å². The van der Waals surface area contributed by atoms with Crippen molar-refractivity contribution in [3.63, 3.8) is 0 Å². The average molecular weight is 318 g/mol. The maximum atomic E-state index is 12.3. The molecule has 1 aliphatic carbocycles. The lowest BCUT2D eigenvalue weighted by Crippen LogP contribution is -2.44. The molecule has 21 heavy (non-hydrogen) atoms. The second kappa shape index (κ2) is 4.54. The third-order valence-electron chi connectivity index (χ3n) is 3.80. The summed E-state index contributed by atoms with van der Waals surface area (Å²) in [5, 5.41) is 11.5. The van der Waals surface area contributed by atoms with E-state index in [1.165, 1.54) is 30.0 Å². The first-order valence-corrected chi connectivity index (χ1v) is 7.12. The summed E-state index contributed by atoms with van der Waals surface area (Å²) in [4.78, 5) is 5.77. The number of benzene rings is 1. The van der Waals surface area contributed by atoms with Crippen LogP contribution in [-0.4, -0.2) is 40.9 Å². The highest BCUT2D eigenvalue weighted by Gasteiger charge is 2.55. The molecule has 0 radical (unpaired) electrons. The van der Waals surface area contributed by atoms with E-state index in [1.807, 2.05) is 0 Å². The molecule has 114 valence electrons. The molecule has 3 rings (SSSR count). The Morgan fingerprint density at radius 2 is 2.19 bits per heavy atom. The van der Waals surface area contributed by atoms with E-state index in [0.29, 0.717) is 22.7 Å². The molecule has 1 saturated heterocycles. The predicted octanol–water partition coefficient (Wildman–Crippen LogP) is 2.32. The summed E-state index contributed by atoms with van der Waals surface area (Å²) >= 11 is 1.43. The zero-order valence-electron chi connectivity index (χ0n) is 11.3. The van der Waals surface area contributed by atoms with Gasteiger partial charge < -0.3 is 14.7 Å². The van der Waals surface area contributed by atoms with Crippen LogP contribution in [0.3, 0.4) is 0 Å². The number of hydrogen-bond donors (Lipinski definition) is 1. The molecule has 1 aromatic carbocycles. The van der Waals surface area contributed by atoms with Crippen LogP contribution >= 0.6 is 11.8 Å². The van der Waals surface area contributed by atoms with Crippen LogP contribution in [0.2, 0.25) is 0 Å². The number of halogens is 3. The van der Waals surface area contributed by atoms with E-state index in [4.69, 9.17) is 0 Å². The predicted molar refractivity (Wildman–Crippen MR) is 73.2 cm³/mol. The number of fused-ring (bicyclic) bond motifs is 3. The van der Waals surface area contributed by atoms with E-state index in [0.717, 1.165) is 0 Å². The number of rotatable bonds is 1. The second-order valence-corrected chi connectivity index (χ2v) is 6.14. The van der Waals surface area contributed by atoms with Gasteiger partial charge in [0.1, 0.15) is 5.75 Å². The van der Waals surface area contributed by atoms with E-state index in [9.17, 15) is 18.3 Å². The van der Waals surface area contributed by atoms with Crippen molar-refractivity contribution in [3.8, 4) is 5.75 Å². The van der Waals surface area contributed by atoms with Crippen LogP contribution in [0.15, 0.2) is 23.2 Å². The Bertz CT molecular complexity index is 620. The standard InChI is InChI=1S/C13H13F3N2O2S/c1-17-11-18(2)12(19)9-4-3-8(20-13(14,15)16)5-7(9)6-10(12)21-11/h3-5,10,19H,6H2,1-2H3/b17-11-. The van der Waals surface area contributed by atoms with E-state index in [2.05, 4.69) is 9.73 Å². The highest BCUT2D eigenvalue weighted by atomic mass is 32.2. The lowest BCUT2D eigenvalue weighted by Gasteiger charge is -2.31. The van der Waals surface area contributed by atoms with Gasteiger partial charge in [0.15, 0.2) is 10.9 Å². The van der Waals surface area contributed by atoms with Crippen LogP contribution in [0.5, 0.6) is 5.75 Å². The van der Waals surface area contributed by atoms with Gasteiger partial charge in [-0.2, -0.15) is 0 Å². The van der Waals surface area contributed by atoms with Gasteiger partial charge in [-0.25, -0.2) is 0 Å². The quantitative estimate of drug-likeness (QED) is 0.863. The SMILES string of the molecule is C/N=C1\SC2Cc3cc(OC(F)(F)F)ccc3C2(O)N1C. The number of aliphatic imine (C=N–C) groups is 1. The normalized spacial score (nSPS) is 29.7. The molecule has 4 nitrogen and oxygen atoms in total. The second-order valence-electron chi connectivity index (χ2n) is 4.97. The first kappa shape index (κ1) is 14.5. The maximum Gasteiger partial charge on any atom is 0.573 e. The van der Waals surface area contributed by atoms with Gasteiger partial charge in [0.25, 0.3) is 0 Å². The van der Waals surface area contributed by atoms with Gasteiger partial charge in [0.05, 0.1) is 5.25 Å². The minimum atomic E-state index is -4.72. The fourth-order valence-electron chi connectivity index (χ4n) is 2.89. The highest BCUT2D eigenvalue weighted by Crippen LogP contribution is 2.51. The lowest BCUT2D eigenvalue weighted by molar-refractivity contribution is -0.274. The molecule has 0 spiro atoms. The molecular formula is C13H13F3N2O2S. The number of amidine groups is 1. The van der Waals surface area contributed by atoms with Crippen LogP contribution in [0, 0.1) is 0 Å². The summed E-state index contributed by atoms with van der Waals surface area (Å²) in [7, 11) is 3.37. The molecule has 1 heterocycles. The molecule has 0 bridgehead atoms. The first-order chi connectivity index (χ1) is 9.75. The zero-order chi connectivity index (χ0) is 15.4. The molecular weight excluding hydrogens is 305 g/mol. The van der Waals surface area contributed by atoms with Crippen molar-refractivity contribution in [1.29, 1.82) is 0 Å². The maximum absolute atomic E-state index is 12.3. The Kier molecular flexibility index (Phi) is 3.14. The third-order valence-corrected chi connectivity index (χ3v) is 5.25. The number of alkyl halides is 3. The molecule has 0 saturated carbocycles. The van der Waals surface area contributed by atoms with Crippen molar-refractivity contribution in [3.05, 3.63) is 29.3 Å². The summed E-state index contributed by atoms with van der Waals surface area (Å²) in [6, 6.07) is 4.06. The van der Waals surface area contributed by atoms with Crippen molar-refractivity contribution >= 4 is 16.9 Å². The molecule has 8 heteroatoms. The summed E-state index contributed by atoms with van der Waals surface area (Å²) in [5.41, 5.74) is 0.0421. The van der Waals surface area contributed by atoms with Gasteiger partial charge in [-0.3, -0.25) is 4.99 Å².